The van der Waals surface area contributed by atoms with Crippen molar-refractivity contribution >= 4 is 11.8 Å². The van der Waals surface area contributed by atoms with Gasteiger partial charge in [0.15, 0.2) is 0 Å². The number of nitrogens with zero attached hydrogens (tertiary/aromatic N) is 1. The Morgan fingerprint density at radius 2 is 2.14 bits per heavy atom. The lowest BCUT2D eigenvalue weighted by Crippen LogP contribution is -2.58. The first kappa shape index (κ1) is 9.49. The minimum Gasteiger partial charge on any atom is -0.345 e. The molecule has 1 unspecified atom stereocenters. The molecule has 4 heteroatoms. The molecule has 2 amide bonds. The van der Waals surface area contributed by atoms with Crippen molar-refractivity contribution in [2.24, 2.45) is 5.92 Å². The first-order valence-electron chi connectivity index (χ1n) is 5.25. The molecular weight excluding hydrogens is 180 g/mol. The largest absolute Gasteiger partial charge is 0.345 e. The zero-order valence-corrected chi connectivity index (χ0v) is 8.45. The van der Waals surface area contributed by atoms with Crippen LogP contribution in [0.2, 0.25) is 0 Å². The molecule has 1 aliphatic heterocycles. The van der Waals surface area contributed by atoms with Crippen LogP contribution in [0, 0.1) is 5.92 Å². The van der Waals surface area contributed by atoms with E-state index in [0.29, 0.717) is 5.92 Å². The van der Waals surface area contributed by atoms with Crippen molar-refractivity contribution in [3.8, 4) is 0 Å². The molecule has 0 aromatic rings. The van der Waals surface area contributed by atoms with Crippen molar-refractivity contribution in [3.05, 3.63) is 0 Å². The van der Waals surface area contributed by atoms with E-state index in [1.165, 1.54) is 19.3 Å². The molecule has 2 rings (SSSR count). The van der Waals surface area contributed by atoms with Crippen molar-refractivity contribution in [3.63, 3.8) is 0 Å². The Bertz CT molecular complexity index is 261. The number of hydrogen-bond donors (Lipinski definition) is 1. The van der Waals surface area contributed by atoms with Crippen LogP contribution in [0.5, 0.6) is 0 Å². The molecule has 0 radical (unpaired) electrons. The van der Waals surface area contributed by atoms with E-state index in [9.17, 15) is 9.59 Å². The molecule has 1 N–H and O–H groups in total. The lowest BCUT2D eigenvalue weighted by Gasteiger charge is -2.37. The second-order valence-corrected chi connectivity index (χ2v) is 4.24. The molecule has 1 saturated heterocycles. The molecule has 0 aromatic carbocycles. The van der Waals surface area contributed by atoms with Gasteiger partial charge in [-0.15, -0.1) is 0 Å². The van der Waals surface area contributed by atoms with Gasteiger partial charge < -0.3 is 10.2 Å². The summed E-state index contributed by atoms with van der Waals surface area (Å²) in [6.07, 6.45) is 3.68. The van der Waals surface area contributed by atoms with E-state index in [4.69, 9.17) is 0 Å². The highest BCUT2D eigenvalue weighted by molar-refractivity contribution is 5.94. The highest BCUT2D eigenvalue weighted by Crippen LogP contribution is 2.28. The van der Waals surface area contributed by atoms with Crippen molar-refractivity contribution in [2.45, 2.75) is 32.2 Å². The van der Waals surface area contributed by atoms with Crippen LogP contribution < -0.4 is 5.32 Å². The van der Waals surface area contributed by atoms with Crippen LogP contribution in [0.3, 0.4) is 0 Å². The average molecular weight is 196 g/mol. The molecular formula is C10H16N2O2. The van der Waals surface area contributed by atoms with Crippen molar-refractivity contribution in [2.75, 3.05) is 13.1 Å². The Kier molecular flexibility index (Phi) is 2.44. The fraction of sp³-hybridized carbons (Fsp3) is 0.800. The quantitative estimate of drug-likeness (QED) is 0.682. The van der Waals surface area contributed by atoms with Crippen molar-refractivity contribution < 1.29 is 9.59 Å². The molecule has 1 aliphatic carbocycles. The fourth-order valence-corrected chi connectivity index (χ4v) is 1.98. The monoisotopic (exact) mass is 196 g/mol. The average Bonchev–Trinajstić information content (AvgIpc) is 2.09. The van der Waals surface area contributed by atoms with E-state index in [1.807, 2.05) is 0 Å². The lowest BCUT2D eigenvalue weighted by molar-refractivity contribution is -0.145. The Morgan fingerprint density at radius 3 is 2.71 bits per heavy atom. The molecule has 1 saturated carbocycles. The van der Waals surface area contributed by atoms with Crippen LogP contribution in [0.25, 0.3) is 0 Å². The predicted octanol–water partition coefficient (Wildman–Crippen LogP) is 0.133. The van der Waals surface area contributed by atoms with Gasteiger partial charge in [-0.2, -0.15) is 0 Å². The maximum Gasteiger partial charge on any atom is 0.242 e. The summed E-state index contributed by atoms with van der Waals surface area (Å²) >= 11 is 0. The number of carbonyl (C=O) groups excluding carboxylic acids is 2. The van der Waals surface area contributed by atoms with Gasteiger partial charge in [0.05, 0.1) is 6.54 Å². The third-order valence-corrected chi connectivity index (χ3v) is 3.26. The molecule has 0 spiro atoms. The van der Waals surface area contributed by atoms with Gasteiger partial charge in [-0.1, -0.05) is 6.42 Å². The van der Waals surface area contributed by atoms with Gasteiger partial charge >= 0.3 is 0 Å². The smallest absolute Gasteiger partial charge is 0.242 e. The number of amides is 2. The molecule has 1 atom stereocenters. The molecule has 0 bridgehead atoms. The van der Waals surface area contributed by atoms with E-state index in [1.54, 1.807) is 11.8 Å². The Morgan fingerprint density at radius 1 is 1.43 bits per heavy atom. The van der Waals surface area contributed by atoms with Gasteiger partial charge in [0, 0.05) is 6.54 Å². The number of hydrogen-bond acceptors (Lipinski definition) is 2. The predicted molar refractivity (Wildman–Crippen MR) is 51.5 cm³/mol. The molecule has 2 aliphatic rings. The first-order chi connectivity index (χ1) is 6.68. The van der Waals surface area contributed by atoms with Crippen LogP contribution in [0.4, 0.5) is 0 Å². The van der Waals surface area contributed by atoms with E-state index < -0.39 is 0 Å². The normalized spacial score (nSPS) is 28.6. The lowest BCUT2D eigenvalue weighted by atomic mass is 9.84. The van der Waals surface area contributed by atoms with Gasteiger partial charge in [0.1, 0.15) is 6.04 Å². The second-order valence-electron chi connectivity index (χ2n) is 4.24. The van der Waals surface area contributed by atoms with Gasteiger partial charge in [-0.25, -0.2) is 0 Å². The fourth-order valence-electron chi connectivity index (χ4n) is 1.98. The minimum absolute atomic E-state index is 0.0241. The molecule has 14 heavy (non-hydrogen) atoms. The summed E-state index contributed by atoms with van der Waals surface area (Å²) in [7, 11) is 0. The van der Waals surface area contributed by atoms with Crippen molar-refractivity contribution in [1.82, 2.24) is 10.2 Å². The molecule has 2 fully saturated rings. The number of nitrogens with one attached hydrogen (secondary N) is 1. The highest BCUT2D eigenvalue weighted by Gasteiger charge is 2.33. The first-order valence-corrected chi connectivity index (χ1v) is 5.25. The van der Waals surface area contributed by atoms with E-state index in [-0.39, 0.29) is 24.4 Å². The van der Waals surface area contributed by atoms with Crippen LogP contribution in [0.15, 0.2) is 0 Å². The summed E-state index contributed by atoms with van der Waals surface area (Å²) in [5.41, 5.74) is 0. The number of piperazine rings is 1. The zero-order valence-electron chi connectivity index (χ0n) is 8.45. The third-order valence-electron chi connectivity index (χ3n) is 3.26. The molecule has 78 valence electrons. The summed E-state index contributed by atoms with van der Waals surface area (Å²) in [6.45, 7) is 2.74. The molecule has 0 aromatic heterocycles. The van der Waals surface area contributed by atoms with Gasteiger partial charge in [0.2, 0.25) is 11.8 Å². The van der Waals surface area contributed by atoms with Crippen LogP contribution in [-0.2, 0) is 9.59 Å². The Balaban J connectivity index is 1.97. The summed E-state index contributed by atoms with van der Waals surface area (Å²) in [5.74, 6) is 0.667. The topological polar surface area (TPSA) is 49.4 Å². The minimum atomic E-state index is -0.281. The standard InChI is InChI=1S/C10H16N2O2/c1-7-10(14)11-5-9(13)12(7)6-8-3-2-4-8/h7-8H,2-6H2,1H3,(H,11,14). The maximum absolute atomic E-state index is 11.5. The maximum atomic E-state index is 11.5. The number of carbonyl (C=O) groups is 2. The van der Waals surface area contributed by atoms with Gasteiger partial charge in [0.25, 0.3) is 0 Å². The third kappa shape index (κ3) is 1.61. The van der Waals surface area contributed by atoms with E-state index >= 15 is 0 Å². The number of rotatable bonds is 2. The van der Waals surface area contributed by atoms with Gasteiger partial charge in [-0.3, -0.25) is 9.59 Å². The summed E-state index contributed by atoms with van der Waals surface area (Å²) in [5, 5.41) is 2.59. The summed E-state index contributed by atoms with van der Waals surface area (Å²) in [6, 6.07) is -0.281. The summed E-state index contributed by atoms with van der Waals surface area (Å²) < 4.78 is 0. The van der Waals surface area contributed by atoms with Crippen LogP contribution >= 0.6 is 0 Å². The Labute approximate surface area is 83.6 Å². The Hall–Kier alpha value is -1.06. The highest BCUT2D eigenvalue weighted by atomic mass is 16.2. The zero-order chi connectivity index (χ0) is 10.1. The summed E-state index contributed by atoms with van der Waals surface area (Å²) in [4.78, 5) is 24.6. The van der Waals surface area contributed by atoms with E-state index in [0.717, 1.165) is 6.54 Å². The second kappa shape index (κ2) is 3.59. The van der Waals surface area contributed by atoms with Crippen LogP contribution in [-0.4, -0.2) is 35.8 Å². The molecule has 1 heterocycles. The van der Waals surface area contributed by atoms with E-state index in [2.05, 4.69) is 5.32 Å². The molecule has 4 nitrogen and oxygen atoms in total. The van der Waals surface area contributed by atoms with Gasteiger partial charge in [-0.05, 0) is 25.7 Å². The SMILES string of the molecule is CC1C(=O)NCC(=O)N1CC1CCC1. The van der Waals surface area contributed by atoms with Crippen LogP contribution in [0.1, 0.15) is 26.2 Å². The van der Waals surface area contributed by atoms with Crippen molar-refractivity contribution in [1.29, 1.82) is 0 Å².